The first-order valence-corrected chi connectivity index (χ1v) is 14.5. The fourth-order valence-electron chi connectivity index (χ4n) is 5.43. The van der Waals surface area contributed by atoms with Gasteiger partial charge in [0.1, 0.15) is 5.02 Å². The smallest absolute Gasteiger partial charge is 0.293 e. The summed E-state index contributed by atoms with van der Waals surface area (Å²) in [5.74, 6) is 0.914. The fourth-order valence-corrected chi connectivity index (χ4v) is 5.57. The van der Waals surface area contributed by atoms with Gasteiger partial charge in [-0.2, -0.15) is 4.98 Å². The summed E-state index contributed by atoms with van der Waals surface area (Å²) in [7, 11) is 3.66. The molecule has 5 rings (SSSR count). The van der Waals surface area contributed by atoms with Crippen LogP contribution in [-0.2, 0) is 9.53 Å². The Hall–Kier alpha value is -3.41. The van der Waals surface area contributed by atoms with E-state index in [0.29, 0.717) is 22.9 Å². The predicted octanol–water partition coefficient (Wildman–Crippen LogP) is 3.58. The number of likely N-dealkylation sites (N-methyl/N-ethyl adjacent to an activating group) is 2. The van der Waals surface area contributed by atoms with Crippen molar-refractivity contribution in [3.8, 4) is 5.75 Å². The summed E-state index contributed by atoms with van der Waals surface area (Å²) < 4.78 is 13.6. The molecular weight excluding hydrogens is 546 g/mol. The maximum Gasteiger partial charge on any atom is 0.293 e. The molecule has 0 spiro atoms. The second-order valence-electron chi connectivity index (χ2n) is 11.0. The zero-order valence-electron chi connectivity index (χ0n) is 24.0. The molecule has 0 bridgehead atoms. The number of halogens is 1. The Morgan fingerprint density at radius 1 is 1.15 bits per heavy atom. The number of likely N-dealkylation sites (tertiary alicyclic amines) is 1. The van der Waals surface area contributed by atoms with Gasteiger partial charge in [0.2, 0.25) is 5.95 Å². The third-order valence-corrected chi connectivity index (χ3v) is 7.89. The summed E-state index contributed by atoms with van der Waals surface area (Å²) in [5, 5.41) is 6.99. The molecule has 0 radical (unpaired) electrons. The SMILES string of the molecule is CNC(=O)COc1cc2cc(Nc3nc(N4CCC(OC5CCN(C)C5)CC4)ncc3Cl)ccc2n(C(C)C)c1=O. The Morgan fingerprint density at radius 3 is 2.59 bits per heavy atom. The highest BCUT2D eigenvalue weighted by Gasteiger charge is 2.27. The molecule has 1 aromatic carbocycles. The number of ether oxygens (including phenoxy) is 2. The molecule has 12 heteroatoms. The summed E-state index contributed by atoms with van der Waals surface area (Å²) >= 11 is 6.50. The quantitative estimate of drug-likeness (QED) is 0.390. The number of carbonyl (C=O) groups is 1. The van der Waals surface area contributed by atoms with Gasteiger partial charge in [-0.25, -0.2) is 4.98 Å². The lowest BCUT2D eigenvalue weighted by atomic mass is 10.1. The first-order chi connectivity index (χ1) is 19.7. The van der Waals surface area contributed by atoms with Gasteiger partial charge in [0, 0.05) is 50.3 Å². The van der Waals surface area contributed by atoms with Gasteiger partial charge in [0.05, 0.1) is 23.9 Å². The maximum atomic E-state index is 13.1. The maximum absolute atomic E-state index is 13.1. The van der Waals surface area contributed by atoms with Gasteiger partial charge < -0.3 is 34.5 Å². The van der Waals surface area contributed by atoms with Crippen molar-refractivity contribution in [1.29, 1.82) is 0 Å². The third-order valence-electron chi connectivity index (χ3n) is 7.61. The number of carbonyl (C=O) groups excluding carboxylic acids is 1. The number of hydrogen-bond acceptors (Lipinski definition) is 9. The summed E-state index contributed by atoms with van der Waals surface area (Å²) in [4.78, 5) is 38.5. The number of rotatable bonds is 9. The van der Waals surface area contributed by atoms with E-state index in [-0.39, 0.29) is 36.0 Å². The number of piperidine rings is 1. The fraction of sp³-hybridized carbons (Fsp3) is 0.517. The van der Waals surface area contributed by atoms with E-state index in [1.807, 2.05) is 32.0 Å². The number of pyridine rings is 1. The molecule has 2 aromatic heterocycles. The highest BCUT2D eigenvalue weighted by molar-refractivity contribution is 6.32. The number of amides is 1. The van der Waals surface area contributed by atoms with E-state index in [9.17, 15) is 9.59 Å². The lowest BCUT2D eigenvalue weighted by Gasteiger charge is -2.33. The van der Waals surface area contributed by atoms with E-state index in [0.717, 1.165) is 62.0 Å². The van der Waals surface area contributed by atoms with Crippen LogP contribution in [0.25, 0.3) is 10.9 Å². The number of hydrogen-bond donors (Lipinski definition) is 2. The van der Waals surface area contributed by atoms with Crippen molar-refractivity contribution >= 4 is 45.9 Å². The average Bonchev–Trinajstić information content (AvgIpc) is 3.37. The topological polar surface area (TPSA) is 114 Å². The van der Waals surface area contributed by atoms with Crippen LogP contribution in [0.2, 0.25) is 5.02 Å². The van der Waals surface area contributed by atoms with Gasteiger partial charge >= 0.3 is 0 Å². The van der Waals surface area contributed by atoms with Crippen LogP contribution in [0, 0.1) is 0 Å². The van der Waals surface area contributed by atoms with Gasteiger partial charge in [0.15, 0.2) is 18.2 Å². The number of aromatic nitrogens is 3. The molecule has 2 aliphatic rings. The van der Waals surface area contributed by atoms with E-state index >= 15 is 0 Å². The molecule has 41 heavy (non-hydrogen) atoms. The summed E-state index contributed by atoms with van der Waals surface area (Å²) in [5.41, 5.74) is 1.21. The Labute approximate surface area is 244 Å². The molecule has 4 heterocycles. The molecule has 2 aliphatic heterocycles. The number of benzene rings is 1. The highest BCUT2D eigenvalue weighted by Crippen LogP contribution is 2.30. The predicted molar refractivity (Wildman–Crippen MR) is 161 cm³/mol. The minimum atomic E-state index is -0.316. The Balaban J connectivity index is 1.32. The van der Waals surface area contributed by atoms with Crippen LogP contribution >= 0.6 is 11.6 Å². The summed E-state index contributed by atoms with van der Waals surface area (Å²) in [6, 6.07) is 7.22. The van der Waals surface area contributed by atoms with Crippen LogP contribution in [-0.4, -0.2) is 84.4 Å². The van der Waals surface area contributed by atoms with E-state index in [1.54, 1.807) is 16.8 Å². The normalized spacial score (nSPS) is 18.3. The van der Waals surface area contributed by atoms with Crippen LogP contribution in [0.5, 0.6) is 5.75 Å². The van der Waals surface area contributed by atoms with Crippen molar-refractivity contribution in [2.45, 2.75) is 51.4 Å². The lowest BCUT2D eigenvalue weighted by Crippen LogP contribution is -2.39. The van der Waals surface area contributed by atoms with Crippen LogP contribution < -0.4 is 25.8 Å². The molecule has 1 amide bonds. The molecule has 1 atom stereocenters. The van der Waals surface area contributed by atoms with Crippen LogP contribution in [0.15, 0.2) is 35.3 Å². The Morgan fingerprint density at radius 2 is 1.90 bits per heavy atom. The summed E-state index contributed by atoms with van der Waals surface area (Å²) in [6.45, 7) is 7.35. The number of nitrogens with zero attached hydrogens (tertiary/aromatic N) is 5. The zero-order chi connectivity index (χ0) is 29.1. The van der Waals surface area contributed by atoms with Gasteiger partial charge in [-0.3, -0.25) is 9.59 Å². The number of fused-ring (bicyclic) bond motifs is 1. The first kappa shape index (κ1) is 29.1. The molecule has 1 unspecified atom stereocenters. The van der Waals surface area contributed by atoms with Gasteiger partial charge in [-0.05, 0) is 64.4 Å². The molecule has 3 aromatic rings. The second kappa shape index (κ2) is 12.6. The van der Waals surface area contributed by atoms with Gasteiger partial charge in [-0.15, -0.1) is 0 Å². The minimum absolute atomic E-state index is 0.111. The van der Waals surface area contributed by atoms with E-state index in [4.69, 9.17) is 26.1 Å². The van der Waals surface area contributed by atoms with Crippen LogP contribution in [0.1, 0.15) is 39.2 Å². The Kier molecular flexibility index (Phi) is 8.96. The standard InChI is InChI=1S/C29H38ClN7O4/c1-18(2)37-24-6-5-20(13-19(24)14-25(28(37)39)40-17-26(38)31-3)33-27-23(30)15-32-29(34-27)36-11-8-21(9-12-36)41-22-7-10-35(4)16-22/h5-6,13-15,18,21-22H,7-12,16-17H2,1-4H3,(H,31,38)(H,32,33,34). The molecule has 2 N–H and O–H groups in total. The molecule has 11 nitrogen and oxygen atoms in total. The van der Waals surface area contributed by atoms with E-state index in [2.05, 4.69) is 32.5 Å². The van der Waals surface area contributed by atoms with E-state index < -0.39 is 0 Å². The number of anilines is 3. The molecule has 220 valence electrons. The van der Waals surface area contributed by atoms with Crippen LogP contribution in [0.3, 0.4) is 0 Å². The number of nitrogens with one attached hydrogen (secondary N) is 2. The second-order valence-corrected chi connectivity index (χ2v) is 11.4. The minimum Gasteiger partial charge on any atom is -0.478 e. The lowest BCUT2D eigenvalue weighted by molar-refractivity contribution is -0.122. The molecular formula is C29H38ClN7O4. The van der Waals surface area contributed by atoms with Crippen molar-refractivity contribution < 1.29 is 14.3 Å². The van der Waals surface area contributed by atoms with Crippen LogP contribution in [0.4, 0.5) is 17.5 Å². The van der Waals surface area contributed by atoms with Gasteiger partial charge in [-0.1, -0.05) is 11.6 Å². The molecule has 2 saturated heterocycles. The van der Waals surface area contributed by atoms with Crippen molar-refractivity contribution in [3.63, 3.8) is 0 Å². The van der Waals surface area contributed by atoms with Crippen molar-refractivity contribution in [3.05, 3.63) is 45.8 Å². The largest absolute Gasteiger partial charge is 0.478 e. The first-order valence-electron chi connectivity index (χ1n) is 14.1. The monoisotopic (exact) mass is 583 g/mol. The Bertz CT molecular complexity index is 1460. The van der Waals surface area contributed by atoms with Crippen molar-refractivity contribution in [2.75, 3.05) is 57.1 Å². The van der Waals surface area contributed by atoms with Crippen molar-refractivity contribution in [1.82, 2.24) is 24.8 Å². The highest BCUT2D eigenvalue weighted by atomic mass is 35.5. The third kappa shape index (κ3) is 6.74. The average molecular weight is 584 g/mol. The zero-order valence-corrected chi connectivity index (χ0v) is 24.8. The van der Waals surface area contributed by atoms with Crippen molar-refractivity contribution in [2.24, 2.45) is 0 Å². The molecule has 2 fully saturated rings. The molecule has 0 saturated carbocycles. The summed E-state index contributed by atoms with van der Waals surface area (Å²) in [6.07, 6.45) is 5.17. The molecule has 0 aliphatic carbocycles. The van der Waals surface area contributed by atoms with Gasteiger partial charge in [0.25, 0.3) is 11.5 Å². The van der Waals surface area contributed by atoms with E-state index in [1.165, 1.54) is 7.05 Å².